The minimum absolute atomic E-state index is 0.000742. The van der Waals surface area contributed by atoms with Crippen molar-refractivity contribution in [2.24, 2.45) is 0 Å². The lowest BCUT2D eigenvalue weighted by Gasteiger charge is -2.09. The second kappa shape index (κ2) is 7.22. The number of hydrogen-bond donors (Lipinski definition) is 1. The summed E-state index contributed by atoms with van der Waals surface area (Å²) in [5.74, 6) is -0.367. The van der Waals surface area contributed by atoms with E-state index in [0.717, 1.165) is 5.69 Å². The molecule has 0 aliphatic carbocycles. The summed E-state index contributed by atoms with van der Waals surface area (Å²) in [7, 11) is 0. The zero-order valence-corrected chi connectivity index (χ0v) is 12.5. The van der Waals surface area contributed by atoms with Crippen LogP contribution in [0.3, 0.4) is 0 Å². The van der Waals surface area contributed by atoms with Crippen LogP contribution in [0.15, 0.2) is 30.5 Å². The molecule has 2 rings (SSSR count). The number of aryl methyl sites for hydroxylation is 2. The van der Waals surface area contributed by atoms with E-state index < -0.39 is 6.61 Å². The molecule has 1 aromatic carbocycles. The highest BCUT2D eigenvalue weighted by Gasteiger charge is 2.10. The van der Waals surface area contributed by atoms with Crippen LogP contribution in [-0.2, 0) is 11.3 Å². The van der Waals surface area contributed by atoms with Crippen LogP contribution in [0.1, 0.15) is 12.1 Å². The third kappa shape index (κ3) is 4.70. The Kier molecular flexibility index (Phi) is 5.32. The Bertz CT molecular complexity index is 661. The molecule has 1 amide bonds. The lowest BCUT2D eigenvalue weighted by Crippen LogP contribution is -2.14. The molecule has 0 atom stereocenters. The van der Waals surface area contributed by atoms with Gasteiger partial charge in [0.2, 0.25) is 5.91 Å². The van der Waals surface area contributed by atoms with E-state index in [0.29, 0.717) is 12.2 Å². The molecule has 0 bridgehead atoms. The fourth-order valence-corrected chi connectivity index (χ4v) is 2.02. The molecule has 1 N–H and O–H groups in total. The maximum atomic E-state index is 12.1. The average molecular weight is 330 g/mol. The Hall–Kier alpha value is -2.15. The van der Waals surface area contributed by atoms with Crippen LogP contribution in [0.25, 0.3) is 0 Å². The number of nitrogens with zero attached hydrogens (tertiary/aromatic N) is 2. The summed E-state index contributed by atoms with van der Waals surface area (Å²) < 4.78 is 30.1. The van der Waals surface area contributed by atoms with Crippen molar-refractivity contribution in [1.82, 2.24) is 9.78 Å². The van der Waals surface area contributed by atoms with E-state index in [9.17, 15) is 13.6 Å². The summed E-state index contributed by atoms with van der Waals surface area (Å²) in [6, 6.07) is 5.93. The Morgan fingerprint density at radius 2 is 2.23 bits per heavy atom. The number of ether oxygens (including phenoxy) is 1. The second-order valence-corrected chi connectivity index (χ2v) is 4.95. The Balaban J connectivity index is 1.89. The second-order valence-electron chi connectivity index (χ2n) is 4.54. The van der Waals surface area contributed by atoms with Gasteiger partial charge in [0, 0.05) is 24.8 Å². The molecule has 1 aromatic heterocycles. The zero-order chi connectivity index (χ0) is 16.1. The predicted octanol–water partition coefficient (Wildman–Crippen LogP) is 3.48. The quantitative estimate of drug-likeness (QED) is 0.882. The number of carbonyl (C=O) groups is 1. The number of benzene rings is 1. The highest BCUT2D eigenvalue weighted by Crippen LogP contribution is 2.28. The summed E-state index contributed by atoms with van der Waals surface area (Å²) in [6.45, 7) is -0.642. The Labute approximate surface area is 130 Å². The van der Waals surface area contributed by atoms with Crippen LogP contribution in [0.2, 0.25) is 5.02 Å². The van der Waals surface area contributed by atoms with Gasteiger partial charge in [-0.2, -0.15) is 13.9 Å². The van der Waals surface area contributed by atoms with Crippen molar-refractivity contribution < 1.29 is 18.3 Å². The van der Waals surface area contributed by atoms with Gasteiger partial charge in [0.25, 0.3) is 0 Å². The van der Waals surface area contributed by atoms with Gasteiger partial charge < -0.3 is 10.1 Å². The minimum Gasteiger partial charge on any atom is -0.433 e. The number of aromatic nitrogens is 2. The minimum atomic E-state index is -2.95. The molecule has 8 heteroatoms. The molecule has 118 valence electrons. The number of nitrogens with one attached hydrogen (secondary N) is 1. The molecule has 1 heterocycles. The fraction of sp³-hybridized carbons (Fsp3) is 0.286. The van der Waals surface area contributed by atoms with Gasteiger partial charge in [-0.25, -0.2) is 0 Å². The van der Waals surface area contributed by atoms with Crippen LogP contribution in [0.5, 0.6) is 5.75 Å². The number of anilines is 1. The van der Waals surface area contributed by atoms with Gasteiger partial charge in [0.1, 0.15) is 5.75 Å². The number of rotatable bonds is 6. The fourth-order valence-electron chi connectivity index (χ4n) is 1.80. The van der Waals surface area contributed by atoms with Crippen molar-refractivity contribution in [2.75, 3.05) is 5.32 Å². The van der Waals surface area contributed by atoms with E-state index in [1.165, 1.54) is 18.2 Å². The maximum Gasteiger partial charge on any atom is 0.387 e. The first-order valence-electron chi connectivity index (χ1n) is 6.48. The summed E-state index contributed by atoms with van der Waals surface area (Å²) >= 11 is 5.81. The molecular formula is C14H14ClF2N3O2. The summed E-state index contributed by atoms with van der Waals surface area (Å²) in [6.07, 6.45) is 2.02. The largest absolute Gasteiger partial charge is 0.433 e. The summed E-state index contributed by atoms with van der Waals surface area (Å²) in [5.41, 5.74) is 1.29. The molecule has 5 nitrogen and oxygen atoms in total. The zero-order valence-electron chi connectivity index (χ0n) is 11.7. The van der Waals surface area contributed by atoms with Crippen molar-refractivity contribution in [2.45, 2.75) is 26.5 Å². The third-order valence-corrected chi connectivity index (χ3v) is 3.07. The first-order valence-corrected chi connectivity index (χ1v) is 6.86. The van der Waals surface area contributed by atoms with Gasteiger partial charge in [0.05, 0.1) is 10.7 Å². The van der Waals surface area contributed by atoms with Crippen molar-refractivity contribution in [1.29, 1.82) is 0 Å². The van der Waals surface area contributed by atoms with E-state index in [4.69, 9.17) is 11.6 Å². The monoisotopic (exact) mass is 329 g/mol. The van der Waals surface area contributed by atoms with Gasteiger partial charge in [-0.3, -0.25) is 9.48 Å². The molecule has 2 aromatic rings. The third-order valence-electron chi connectivity index (χ3n) is 2.77. The molecule has 0 aliphatic rings. The first-order chi connectivity index (χ1) is 10.4. The number of hydrogen-bond acceptors (Lipinski definition) is 3. The van der Waals surface area contributed by atoms with Gasteiger partial charge in [-0.15, -0.1) is 0 Å². The van der Waals surface area contributed by atoms with E-state index in [1.807, 2.05) is 13.0 Å². The SMILES string of the molecule is Cc1ccn(CCC(=O)Nc2ccc(OC(F)F)c(Cl)c2)n1. The lowest BCUT2D eigenvalue weighted by atomic mass is 10.3. The van der Waals surface area contributed by atoms with Crippen molar-refractivity contribution in [3.8, 4) is 5.75 Å². The normalized spacial score (nSPS) is 10.8. The number of carbonyl (C=O) groups excluding carboxylic acids is 1. The van der Waals surface area contributed by atoms with Gasteiger partial charge >= 0.3 is 6.61 Å². The maximum absolute atomic E-state index is 12.1. The van der Waals surface area contributed by atoms with Crippen molar-refractivity contribution >= 4 is 23.2 Å². The average Bonchev–Trinajstić information content (AvgIpc) is 2.85. The summed E-state index contributed by atoms with van der Waals surface area (Å²) in [5, 5.41) is 6.80. The predicted molar refractivity (Wildman–Crippen MR) is 78.3 cm³/mol. The number of amides is 1. The van der Waals surface area contributed by atoms with Crippen molar-refractivity contribution in [3.05, 3.63) is 41.2 Å². The molecule has 0 saturated carbocycles. The molecule has 0 spiro atoms. The molecule has 22 heavy (non-hydrogen) atoms. The van der Waals surface area contributed by atoms with Crippen molar-refractivity contribution in [3.63, 3.8) is 0 Å². The molecule has 0 fully saturated rings. The van der Waals surface area contributed by atoms with Gasteiger partial charge in [0.15, 0.2) is 0 Å². The highest BCUT2D eigenvalue weighted by atomic mass is 35.5. The first kappa shape index (κ1) is 16.2. The standard InChI is InChI=1S/C14H14ClF2N3O2/c1-9-4-6-20(19-9)7-5-13(21)18-10-2-3-12(11(15)8-10)22-14(16)17/h2-4,6,8,14H,5,7H2,1H3,(H,18,21). The van der Waals surface area contributed by atoms with Crippen LogP contribution in [-0.4, -0.2) is 22.3 Å². The highest BCUT2D eigenvalue weighted by molar-refractivity contribution is 6.32. The molecule has 0 radical (unpaired) electrons. The smallest absolute Gasteiger partial charge is 0.387 e. The molecule has 0 unspecified atom stereocenters. The van der Waals surface area contributed by atoms with Crippen LogP contribution in [0, 0.1) is 6.92 Å². The van der Waals surface area contributed by atoms with Gasteiger partial charge in [-0.1, -0.05) is 11.6 Å². The Morgan fingerprint density at radius 1 is 1.45 bits per heavy atom. The van der Waals surface area contributed by atoms with E-state index >= 15 is 0 Å². The topological polar surface area (TPSA) is 56.2 Å². The molecular weight excluding hydrogens is 316 g/mol. The van der Waals surface area contributed by atoms with Crippen LogP contribution < -0.4 is 10.1 Å². The summed E-state index contributed by atoms with van der Waals surface area (Å²) in [4.78, 5) is 11.8. The van der Waals surface area contributed by atoms with E-state index in [2.05, 4.69) is 15.2 Å². The van der Waals surface area contributed by atoms with Crippen LogP contribution in [0.4, 0.5) is 14.5 Å². The number of halogens is 3. The van der Waals surface area contributed by atoms with E-state index in [-0.39, 0.29) is 23.1 Å². The molecule has 0 aliphatic heterocycles. The molecule has 0 saturated heterocycles. The van der Waals surface area contributed by atoms with Gasteiger partial charge in [-0.05, 0) is 31.2 Å². The number of alkyl halides is 2. The van der Waals surface area contributed by atoms with E-state index in [1.54, 1.807) is 10.9 Å². The lowest BCUT2D eigenvalue weighted by molar-refractivity contribution is -0.116. The Morgan fingerprint density at radius 3 is 2.82 bits per heavy atom. The van der Waals surface area contributed by atoms with Crippen LogP contribution >= 0.6 is 11.6 Å².